The van der Waals surface area contributed by atoms with Crippen LogP contribution in [0.15, 0.2) is 22.7 Å². The highest BCUT2D eigenvalue weighted by atomic mass is 79.9. The van der Waals surface area contributed by atoms with Gasteiger partial charge < -0.3 is 10.6 Å². The van der Waals surface area contributed by atoms with Crippen LogP contribution in [0.25, 0.3) is 0 Å². The van der Waals surface area contributed by atoms with Crippen LogP contribution in [0.2, 0.25) is 0 Å². The van der Waals surface area contributed by atoms with E-state index in [9.17, 15) is 13.2 Å². The summed E-state index contributed by atoms with van der Waals surface area (Å²) in [6.45, 7) is 3.87. The Kier molecular flexibility index (Phi) is 5.47. The summed E-state index contributed by atoms with van der Waals surface area (Å²) < 4.78 is 38.1. The highest BCUT2D eigenvalue weighted by molar-refractivity contribution is 9.10. The maximum atomic E-state index is 12.5. The van der Waals surface area contributed by atoms with Crippen LogP contribution in [0, 0.1) is 0 Å². The molecule has 1 aromatic carbocycles. The topological polar surface area (TPSA) is 29.3 Å². The number of anilines is 1. The molecule has 0 heterocycles. The summed E-state index contributed by atoms with van der Waals surface area (Å²) in [6.07, 6.45) is -3.40. The average Bonchev–Trinajstić information content (AvgIpc) is 2.27. The second-order valence-corrected chi connectivity index (χ2v) is 4.79. The number of alkyl halides is 3. The summed E-state index contributed by atoms with van der Waals surface area (Å²) in [5.41, 5.74) is 5.60. The number of benzene rings is 1. The normalized spacial score (nSPS) is 11.7. The number of hydrogen-bond donors (Lipinski definition) is 1. The van der Waals surface area contributed by atoms with Gasteiger partial charge in [-0.15, -0.1) is 0 Å². The van der Waals surface area contributed by atoms with Gasteiger partial charge in [-0.1, -0.05) is 6.92 Å². The monoisotopic (exact) mass is 324 g/mol. The molecule has 2 nitrogen and oxygen atoms in total. The van der Waals surface area contributed by atoms with Crippen molar-refractivity contribution in [2.45, 2.75) is 19.5 Å². The van der Waals surface area contributed by atoms with Crippen LogP contribution in [0.4, 0.5) is 18.9 Å². The molecule has 0 fully saturated rings. The highest BCUT2D eigenvalue weighted by Crippen LogP contribution is 2.35. The molecule has 18 heavy (non-hydrogen) atoms. The first-order chi connectivity index (χ1) is 8.40. The molecule has 1 aromatic rings. The highest BCUT2D eigenvalue weighted by Gasteiger charge is 2.31. The van der Waals surface area contributed by atoms with E-state index < -0.39 is 11.7 Å². The molecular formula is C12H16BrF3N2. The Morgan fingerprint density at radius 3 is 2.39 bits per heavy atom. The van der Waals surface area contributed by atoms with Crippen LogP contribution in [-0.2, 0) is 6.18 Å². The lowest BCUT2D eigenvalue weighted by atomic mass is 10.2. The molecule has 0 saturated heterocycles. The molecule has 2 N–H and O–H groups in total. The molecule has 1 rings (SSSR count). The number of halogens is 4. The van der Waals surface area contributed by atoms with E-state index in [2.05, 4.69) is 15.9 Å². The largest absolute Gasteiger partial charge is 0.416 e. The van der Waals surface area contributed by atoms with Crippen molar-refractivity contribution in [3.8, 4) is 0 Å². The molecule has 102 valence electrons. The minimum Gasteiger partial charge on any atom is -0.369 e. The van der Waals surface area contributed by atoms with Gasteiger partial charge in [0.25, 0.3) is 0 Å². The van der Waals surface area contributed by atoms with E-state index in [4.69, 9.17) is 5.73 Å². The lowest BCUT2D eigenvalue weighted by Crippen LogP contribution is -2.30. The molecule has 0 bridgehead atoms. The third kappa shape index (κ3) is 3.88. The van der Waals surface area contributed by atoms with Crippen molar-refractivity contribution >= 4 is 21.6 Å². The van der Waals surface area contributed by atoms with Crippen LogP contribution in [0.5, 0.6) is 0 Å². The van der Waals surface area contributed by atoms with Gasteiger partial charge in [-0.05, 0) is 40.5 Å². The van der Waals surface area contributed by atoms with Gasteiger partial charge >= 0.3 is 6.18 Å². The summed E-state index contributed by atoms with van der Waals surface area (Å²) in [5, 5.41) is 0. The molecule has 6 heteroatoms. The zero-order chi connectivity index (χ0) is 13.8. The SMILES string of the molecule is CCCN(CCN)c1ccc(C(F)(F)F)cc1Br. The molecule has 0 atom stereocenters. The molecule has 0 unspecified atom stereocenters. The van der Waals surface area contributed by atoms with Crippen molar-refractivity contribution in [2.24, 2.45) is 5.73 Å². The first kappa shape index (κ1) is 15.3. The van der Waals surface area contributed by atoms with Crippen LogP contribution in [0.3, 0.4) is 0 Å². The number of nitrogens with zero attached hydrogens (tertiary/aromatic N) is 1. The smallest absolute Gasteiger partial charge is 0.369 e. The zero-order valence-corrected chi connectivity index (χ0v) is 11.7. The quantitative estimate of drug-likeness (QED) is 0.895. The van der Waals surface area contributed by atoms with Gasteiger partial charge in [0.2, 0.25) is 0 Å². The van der Waals surface area contributed by atoms with Crippen LogP contribution >= 0.6 is 15.9 Å². The van der Waals surface area contributed by atoms with Gasteiger partial charge in [-0.25, -0.2) is 0 Å². The second-order valence-electron chi connectivity index (χ2n) is 3.94. The van der Waals surface area contributed by atoms with E-state index in [0.29, 0.717) is 17.6 Å². The molecule has 0 aromatic heterocycles. The van der Waals surface area contributed by atoms with Crippen molar-refractivity contribution in [1.82, 2.24) is 0 Å². The van der Waals surface area contributed by atoms with Gasteiger partial charge in [0.05, 0.1) is 11.3 Å². The first-order valence-electron chi connectivity index (χ1n) is 5.72. The van der Waals surface area contributed by atoms with Crippen LogP contribution in [0.1, 0.15) is 18.9 Å². The molecule has 0 aliphatic heterocycles. The molecule has 0 amide bonds. The van der Waals surface area contributed by atoms with Gasteiger partial charge in [0.15, 0.2) is 0 Å². The summed E-state index contributed by atoms with van der Waals surface area (Å²) in [5.74, 6) is 0. The predicted octanol–water partition coefficient (Wildman–Crippen LogP) is 3.64. The van der Waals surface area contributed by atoms with Crippen molar-refractivity contribution < 1.29 is 13.2 Å². The Hall–Kier alpha value is -0.750. The van der Waals surface area contributed by atoms with Gasteiger partial charge in [0, 0.05) is 24.1 Å². The zero-order valence-electron chi connectivity index (χ0n) is 10.1. The molecule has 0 saturated carbocycles. The third-order valence-electron chi connectivity index (χ3n) is 2.51. The molecule has 0 aliphatic carbocycles. The Bertz CT molecular complexity index is 387. The summed E-state index contributed by atoms with van der Waals surface area (Å²) >= 11 is 3.20. The van der Waals surface area contributed by atoms with Gasteiger partial charge in [-0.3, -0.25) is 0 Å². The Morgan fingerprint density at radius 2 is 1.94 bits per heavy atom. The van der Waals surface area contributed by atoms with Crippen LogP contribution in [-0.4, -0.2) is 19.6 Å². The van der Waals surface area contributed by atoms with E-state index in [-0.39, 0.29) is 0 Å². The molecule has 0 radical (unpaired) electrons. The minimum atomic E-state index is -4.31. The Morgan fingerprint density at radius 1 is 1.28 bits per heavy atom. The average molecular weight is 325 g/mol. The predicted molar refractivity (Wildman–Crippen MR) is 70.7 cm³/mol. The van der Waals surface area contributed by atoms with Crippen LogP contribution < -0.4 is 10.6 Å². The first-order valence-corrected chi connectivity index (χ1v) is 6.51. The lowest BCUT2D eigenvalue weighted by molar-refractivity contribution is -0.137. The van der Waals surface area contributed by atoms with E-state index in [0.717, 1.165) is 30.8 Å². The molecular weight excluding hydrogens is 309 g/mol. The minimum absolute atomic E-state index is 0.444. The van der Waals surface area contributed by atoms with E-state index in [1.807, 2.05) is 11.8 Å². The summed E-state index contributed by atoms with van der Waals surface area (Å²) in [7, 11) is 0. The fourth-order valence-electron chi connectivity index (χ4n) is 1.72. The van der Waals surface area contributed by atoms with Crippen molar-refractivity contribution in [3.63, 3.8) is 0 Å². The fourth-order valence-corrected chi connectivity index (χ4v) is 2.35. The summed E-state index contributed by atoms with van der Waals surface area (Å²) in [6, 6.07) is 3.69. The third-order valence-corrected chi connectivity index (χ3v) is 3.14. The number of rotatable bonds is 5. The van der Waals surface area contributed by atoms with Crippen molar-refractivity contribution in [2.75, 3.05) is 24.5 Å². The number of nitrogens with two attached hydrogens (primary N) is 1. The van der Waals surface area contributed by atoms with Crippen molar-refractivity contribution in [1.29, 1.82) is 0 Å². The van der Waals surface area contributed by atoms with Gasteiger partial charge in [-0.2, -0.15) is 13.2 Å². The van der Waals surface area contributed by atoms with E-state index in [1.165, 1.54) is 6.07 Å². The lowest BCUT2D eigenvalue weighted by Gasteiger charge is -2.25. The molecule has 0 spiro atoms. The number of hydrogen-bond acceptors (Lipinski definition) is 2. The standard InChI is InChI=1S/C12H16BrF3N2/c1-2-6-18(7-5-17)11-4-3-9(8-10(11)13)12(14,15)16/h3-4,8H,2,5-7,17H2,1H3. The van der Waals surface area contributed by atoms with Gasteiger partial charge in [0.1, 0.15) is 0 Å². The van der Waals surface area contributed by atoms with Crippen molar-refractivity contribution in [3.05, 3.63) is 28.2 Å². The maximum absolute atomic E-state index is 12.5. The fraction of sp³-hybridized carbons (Fsp3) is 0.500. The van der Waals surface area contributed by atoms with E-state index in [1.54, 1.807) is 0 Å². The second kappa shape index (κ2) is 6.43. The Labute approximate surface area is 113 Å². The summed E-state index contributed by atoms with van der Waals surface area (Å²) in [4.78, 5) is 1.98. The Balaban J connectivity index is 3.03. The maximum Gasteiger partial charge on any atom is 0.416 e. The molecule has 0 aliphatic rings. The van der Waals surface area contributed by atoms with E-state index >= 15 is 0 Å².